The number of carbonyl (C=O) groups is 1. The molecule has 1 unspecified atom stereocenters. The van der Waals surface area contributed by atoms with Crippen molar-refractivity contribution in [2.24, 2.45) is 5.92 Å². The smallest absolute Gasteiger partial charge is 0.224 e. The molecule has 1 aliphatic carbocycles. The zero-order chi connectivity index (χ0) is 15.4. The highest BCUT2D eigenvalue weighted by Gasteiger charge is 2.28. The summed E-state index contributed by atoms with van der Waals surface area (Å²) in [6.45, 7) is 3.53. The Balaban J connectivity index is 1.61. The molecule has 1 aromatic carbocycles. The minimum Gasteiger partial charge on any atom is -0.508 e. The Kier molecular flexibility index (Phi) is 4.95. The van der Waals surface area contributed by atoms with E-state index in [4.69, 9.17) is 4.74 Å². The van der Waals surface area contributed by atoms with Crippen molar-refractivity contribution in [2.75, 3.05) is 26.3 Å². The van der Waals surface area contributed by atoms with Crippen LogP contribution in [-0.4, -0.2) is 48.3 Å². The first-order chi connectivity index (χ1) is 10.7. The molecule has 1 aromatic rings. The van der Waals surface area contributed by atoms with Gasteiger partial charge < -0.3 is 20.1 Å². The second-order valence-corrected chi connectivity index (χ2v) is 6.32. The van der Waals surface area contributed by atoms with Gasteiger partial charge in [0.25, 0.3) is 0 Å². The molecule has 1 heterocycles. The van der Waals surface area contributed by atoms with Crippen LogP contribution in [0.1, 0.15) is 24.8 Å². The molecule has 0 aromatic heterocycles. The van der Waals surface area contributed by atoms with Crippen LogP contribution in [0.5, 0.6) is 5.75 Å². The summed E-state index contributed by atoms with van der Waals surface area (Å²) in [7, 11) is 0. The Hall–Kier alpha value is -1.59. The lowest BCUT2D eigenvalue weighted by Crippen LogP contribution is -2.45. The van der Waals surface area contributed by atoms with Crippen molar-refractivity contribution in [1.29, 1.82) is 0 Å². The summed E-state index contributed by atoms with van der Waals surface area (Å²) in [4.78, 5) is 14.6. The molecule has 1 atom stereocenters. The molecule has 1 saturated carbocycles. The molecular weight excluding hydrogens is 280 g/mol. The van der Waals surface area contributed by atoms with Gasteiger partial charge in [-0.25, -0.2) is 0 Å². The number of hydrogen-bond acceptors (Lipinski definition) is 4. The molecule has 5 nitrogen and oxygen atoms in total. The summed E-state index contributed by atoms with van der Waals surface area (Å²) in [6, 6.07) is 7.28. The van der Waals surface area contributed by atoms with E-state index in [1.165, 1.54) is 12.8 Å². The van der Waals surface area contributed by atoms with Crippen LogP contribution in [0, 0.1) is 5.92 Å². The predicted molar refractivity (Wildman–Crippen MR) is 83.5 cm³/mol. The number of amides is 1. The Morgan fingerprint density at radius 3 is 2.95 bits per heavy atom. The standard InChI is InChI=1S/C17H24N2O3/c20-16-3-1-2-14(8-16)11-19(10-13-4-5-13)17(21)9-15-12-22-7-6-18-15/h1-3,8,13,15,18,20H,4-7,9-12H2. The van der Waals surface area contributed by atoms with Crippen molar-refractivity contribution >= 4 is 5.91 Å². The van der Waals surface area contributed by atoms with Crippen LogP contribution in [0.3, 0.4) is 0 Å². The zero-order valence-corrected chi connectivity index (χ0v) is 12.8. The van der Waals surface area contributed by atoms with Gasteiger partial charge in [0, 0.05) is 32.1 Å². The Morgan fingerprint density at radius 1 is 1.41 bits per heavy atom. The van der Waals surface area contributed by atoms with E-state index in [2.05, 4.69) is 5.32 Å². The molecule has 2 N–H and O–H groups in total. The van der Waals surface area contributed by atoms with Gasteiger partial charge in [0.05, 0.1) is 13.2 Å². The van der Waals surface area contributed by atoms with Gasteiger partial charge in [0.1, 0.15) is 5.75 Å². The van der Waals surface area contributed by atoms with Gasteiger partial charge in [0.2, 0.25) is 5.91 Å². The highest BCUT2D eigenvalue weighted by atomic mass is 16.5. The lowest BCUT2D eigenvalue weighted by molar-refractivity contribution is -0.133. The molecule has 1 amide bonds. The highest BCUT2D eigenvalue weighted by Crippen LogP contribution is 2.30. The minimum absolute atomic E-state index is 0.118. The monoisotopic (exact) mass is 304 g/mol. The van der Waals surface area contributed by atoms with Crippen LogP contribution >= 0.6 is 0 Å². The van der Waals surface area contributed by atoms with E-state index in [-0.39, 0.29) is 17.7 Å². The Labute approximate surface area is 131 Å². The van der Waals surface area contributed by atoms with Crippen LogP contribution in [0.15, 0.2) is 24.3 Å². The molecule has 2 aliphatic rings. The average Bonchev–Trinajstić information content (AvgIpc) is 3.32. The van der Waals surface area contributed by atoms with Crippen molar-refractivity contribution < 1.29 is 14.6 Å². The molecule has 1 saturated heterocycles. The Morgan fingerprint density at radius 2 is 2.27 bits per heavy atom. The van der Waals surface area contributed by atoms with Gasteiger partial charge in [-0.1, -0.05) is 12.1 Å². The molecule has 0 spiro atoms. The first-order valence-electron chi connectivity index (χ1n) is 8.07. The molecule has 22 heavy (non-hydrogen) atoms. The lowest BCUT2D eigenvalue weighted by Gasteiger charge is -2.28. The van der Waals surface area contributed by atoms with Crippen LogP contribution in [-0.2, 0) is 16.1 Å². The predicted octanol–water partition coefficient (Wildman–Crippen LogP) is 1.51. The number of nitrogens with one attached hydrogen (secondary N) is 1. The second-order valence-electron chi connectivity index (χ2n) is 6.32. The van der Waals surface area contributed by atoms with E-state index in [0.29, 0.717) is 25.5 Å². The average molecular weight is 304 g/mol. The highest BCUT2D eigenvalue weighted by molar-refractivity contribution is 5.77. The van der Waals surface area contributed by atoms with Crippen LogP contribution in [0.25, 0.3) is 0 Å². The van der Waals surface area contributed by atoms with E-state index in [1.807, 2.05) is 17.0 Å². The van der Waals surface area contributed by atoms with E-state index in [9.17, 15) is 9.90 Å². The fourth-order valence-corrected chi connectivity index (χ4v) is 2.83. The zero-order valence-electron chi connectivity index (χ0n) is 12.8. The van der Waals surface area contributed by atoms with Crippen molar-refractivity contribution in [3.8, 4) is 5.75 Å². The SMILES string of the molecule is O=C(CC1COCCN1)N(Cc1cccc(O)c1)CC1CC1. The van der Waals surface area contributed by atoms with Crippen molar-refractivity contribution in [3.05, 3.63) is 29.8 Å². The van der Waals surface area contributed by atoms with E-state index < -0.39 is 0 Å². The van der Waals surface area contributed by atoms with E-state index >= 15 is 0 Å². The number of ether oxygens (including phenoxy) is 1. The number of phenols is 1. The maximum absolute atomic E-state index is 12.6. The van der Waals surface area contributed by atoms with Gasteiger partial charge in [-0.15, -0.1) is 0 Å². The maximum atomic E-state index is 12.6. The molecule has 2 fully saturated rings. The van der Waals surface area contributed by atoms with Crippen LogP contribution in [0.2, 0.25) is 0 Å². The van der Waals surface area contributed by atoms with Crippen molar-refractivity contribution in [3.63, 3.8) is 0 Å². The normalized spacial score (nSPS) is 21.5. The Bertz CT molecular complexity index is 510. The molecule has 5 heteroatoms. The second kappa shape index (κ2) is 7.11. The third kappa shape index (κ3) is 4.45. The maximum Gasteiger partial charge on any atom is 0.224 e. The quantitative estimate of drug-likeness (QED) is 0.836. The summed E-state index contributed by atoms with van der Waals surface area (Å²) in [5.74, 6) is 1.06. The first-order valence-corrected chi connectivity index (χ1v) is 8.07. The number of hydrogen-bond donors (Lipinski definition) is 2. The number of benzene rings is 1. The summed E-state index contributed by atoms with van der Waals surface area (Å²) >= 11 is 0. The molecule has 1 aliphatic heterocycles. The molecule has 120 valence electrons. The van der Waals surface area contributed by atoms with Crippen molar-refractivity contribution in [1.82, 2.24) is 10.2 Å². The lowest BCUT2D eigenvalue weighted by atomic mass is 10.1. The first kappa shape index (κ1) is 15.3. The number of phenolic OH excluding ortho intramolecular Hbond substituents is 1. The van der Waals surface area contributed by atoms with E-state index in [0.717, 1.165) is 25.3 Å². The minimum atomic E-state index is 0.118. The third-order valence-corrected chi connectivity index (χ3v) is 4.23. The topological polar surface area (TPSA) is 61.8 Å². The van der Waals surface area contributed by atoms with Gasteiger partial charge in [-0.3, -0.25) is 4.79 Å². The largest absolute Gasteiger partial charge is 0.508 e. The molecular formula is C17H24N2O3. The fourth-order valence-electron chi connectivity index (χ4n) is 2.83. The molecule has 0 radical (unpaired) electrons. The summed E-state index contributed by atoms with van der Waals surface area (Å²) < 4.78 is 5.42. The van der Waals surface area contributed by atoms with Gasteiger partial charge >= 0.3 is 0 Å². The molecule has 3 rings (SSSR count). The number of nitrogens with zero attached hydrogens (tertiary/aromatic N) is 1. The number of carbonyl (C=O) groups excluding carboxylic acids is 1. The number of aromatic hydroxyl groups is 1. The van der Waals surface area contributed by atoms with Crippen LogP contribution in [0.4, 0.5) is 0 Å². The van der Waals surface area contributed by atoms with Gasteiger partial charge in [-0.2, -0.15) is 0 Å². The number of morpholine rings is 1. The van der Waals surface area contributed by atoms with Crippen LogP contribution < -0.4 is 5.32 Å². The van der Waals surface area contributed by atoms with E-state index in [1.54, 1.807) is 12.1 Å². The number of rotatable bonds is 6. The fraction of sp³-hybridized carbons (Fsp3) is 0.588. The third-order valence-electron chi connectivity index (χ3n) is 4.23. The molecule has 0 bridgehead atoms. The summed E-state index contributed by atoms with van der Waals surface area (Å²) in [5, 5.41) is 12.9. The van der Waals surface area contributed by atoms with Gasteiger partial charge in [-0.05, 0) is 36.5 Å². The van der Waals surface area contributed by atoms with Gasteiger partial charge in [0.15, 0.2) is 0 Å². The summed E-state index contributed by atoms with van der Waals surface area (Å²) in [6.07, 6.45) is 2.91. The summed E-state index contributed by atoms with van der Waals surface area (Å²) in [5.41, 5.74) is 0.974. The van der Waals surface area contributed by atoms with Crippen molar-refractivity contribution in [2.45, 2.75) is 31.8 Å².